The summed E-state index contributed by atoms with van der Waals surface area (Å²) in [6, 6.07) is 8.62. The molecule has 1 atom stereocenters. The number of benzene rings is 1. The highest BCUT2D eigenvalue weighted by Gasteiger charge is 2.14. The molecule has 0 spiro atoms. The van der Waals surface area contributed by atoms with E-state index in [4.69, 9.17) is 0 Å². The molecule has 5 heteroatoms. The predicted molar refractivity (Wildman–Crippen MR) is 83.6 cm³/mol. The summed E-state index contributed by atoms with van der Waals surface area (Å²) in [6.45, 7) is 8.05. The zero-order valence-electron chi connectivity index (χ0n) is 12.7. The van der Waals surface area contributed by atoms with Gasteiger partial charge in [-0.1, -0.05) is 6.07 Å². The molecule has 110 valence electrons. The lowest BCUT2D eigenvalue weighted by Gasteiger charge is -2.20. The third kappa shape index (κ3) is 3.37. The highest BCUT2D eigenvalue weighted by atomic mass is 16.6. The van der Waals surface area contributed by atoms with E-state index in [0.29, 0.717) is 0 Å². The van der Waals surface area contributed by atoms with Crippen LogP contribution in [0, 0.1) is 30.9 Å². The van der Waals surface area contributed by atoms with Crippen LogP contribution < -0.4 is 5.32 Å². The number of pyridine rings is 1. The molecular formula is C16H19N3O2. The monoisotopic (exact) mass is 285 g/mol. The molecule has 0 amide bonds. The van der Waals surface area contributed by atoms with Crippen LogP contribution in [0.2, 0.25) is 0 Å². The van der Waals surface area contributed by atoms with Crippen molar-refractivity contribution < 1.29 is 4.92 Å². The van der Waals surface area contributed by atoms with E-state index in [1.54, 1.807) is 12.1 Å². The molecule has 1 aromatic heterocycles. The van der Waals surface area contributed by atoms with Crippen molar-refractivity contribution in [1.29, 1.82) is 0 Å². The van der Waals surface area contributed by atoms with Gasteiger partial charge in [-0.05, 0) is 51.0 Å². The minimum absolute atomic E-state index is 0.0279. The summed E-state index contributed by atoms with van der Waals surface area (Å²) in [7, 11) is 0. The van der Waals surface area contributed by atoms with Gasteiger partial charge in [0, 0.05) is 29.2 Å². The number of hydrogen-bond acceptors (Lipinski definition) is 4. The van der Waals surface area contributed by atoms with Gasteiger partial charge >= 0.3 is 0 Å². The fourth-order valence-corrected chi connectivity index (χ4v) is 2.72. The molecule has 1 unspecified atom stereocenters. The number of aromatic nitrogens is 1. The molecule has 0 saturated carbocycles. The van der Waals surface area contributed by atoms with Gasteiger partial charge < -0.3 is 5.32 Å². The Kier molecular flexibility index (Phi) is 4.21. The number of hydrogen-bond donors (Lipinski definition) is 1. The molecule has 0 saturated heterocycles. The van der Waals surface area contributed by atoms with Crippen LogP contribution in [0.15, 0.2) is 30.3 Å². The van der Waals surface area contributed by atoms with Gasteiger partial charge in [0.25, 0.3) is 5.69 Å². The van der Waals surface area contributed by atoms with E-state index in [1.165, 1.54) is 11.6 Å². The second-order valence-corrected chi connectivity index (χ2v) is 5.25. The first-order valence-corrected chi connectivity index (χ1v) is 6.84. The van der Waals surface area contributed by atoms with Gasteiger partial charge in [0.15, 0.2) is 0 Å². The highest BCUT2D eigenvalue weighted by molar-refractivity contribution is 5.53. The summed E-state index contributed by atoms with van der Waals surface area (Å²) in [5.74, 6) is 0. The molecule has 0 bridgehead atoms. The first-order chi connectivity index (χ1) is 9.88. The van der Waals surface area contributed by atoms with Gasteiger partial charge in [-0.15, -0.1) is 0 Å². The second-order valence-electron chi connectivity index (χ2n) is 5.25. The molecule has 0 aliphatic rings. The van der Waals surface area contributed by atoms with E-state index in [0.717, 1.165) is 22.6 Å². The van der Waals surface area contributed by atoms with Crippen LogP contribution in [-0.4, -0.2) is 9.91 Å². The third-order valence-electron chi connectivity index (χ3n) is 3.46. The van der Waals surface area contributed by atoms with Gasteiger partial charge in [-0.3, -0.25) is 15.1 Å². The molecule has 2 rings (SSSR count). The number of nitro groups is 1. The lowest BCUT2D eigenvalue weighted by atomic mass is 10.00. The molecule has 1 aromatic carbocycles. The van der Waals surface area contributed by atoms with Crippen LogP contribution >= 0.6 is 0 Å². The van der Waals surface area contributed by atoms with Crippen LogP contribution in [0.3, 0.4) is 0 Å². The van der Waals surface area contributed by atoms with Crippen molar-refractivity contribution in [3.63, 3.8) is 0 Å². The zero-order chi connectivity index (χ0) is 15.6. The molecule has 2 aromatic rings. The Morgan fingerprint density at radius 1 is 1.24 bits per heavy atom. The van der Waals surface area contributed by atoms with Crippen molar-refractivity contribution in [2.24, 2.45) is 0 Å². The van der Waals surface area contributed by atoms with E-state index >= 15 is 0 Å². The minimum atomic E-state index is -0.389. The number of anilines is 1. The van der Waals surface area contributed by atoms with Crippen LogP contribution in [0.5, 0.6) is 0 Å². The summed E-state index contributed by atoms with van der Waals surface area (Å²) in [6.07, 6.45) is 0. The van der Waals surface area contributed by atoms with Crippen molar-refractivity contribution in [2.45, 2.75) is 33.7 Å². The summed E-state index contributed by atoms with van der Waals surface area (Å²) in [4.78, 5) is 14.9. The maximum Gasteiger partial charge on any atom is 0.271 e. The van der Waals surface area contributed by atoms with Gasteiger partial charge in [-0.25, -0.2) is 0 Å². The number of aryl methyl sites for hydroxylation is 3. The zero-order valence-corrected chi connectivity index (χ0v) is 12.7. The molecule has 21 heavy (non-hydrogen) atoms. The fraction of sp³-hybridized carbons (Fsp3) is 0.312. The maximum atomic E-state index is 10.8. The maximum absolute atomic E-state index is 10.8. The van der Waals surface area contributed by atoms with Crippen LogP contribution in [0.4, 0.5) is 11.4 Å². The Bertz CT molecular complexity index is 660. The molecule has 1 N–H and O–H groups in total. The van der Waals surface area contributed by atoms with E-state index in [1.807, 2.05) is 32.9 Å². The third-order valence-corrected chi connectivity index (χ3v) is 3.46. The Morgan fingerprint density at radius 3 is 2.57 bits per heavy atom. The van der Waals surface area contributed by atoms with E-state index < -0.39 is 0 Å². The summed E-state index contributed by atoms with van der Waals surface area (Å²) >= 11 is 0. The molecule has 1 heterocycles. The van der Waals surface area contributed by atoms with Crippen LogP contribution in [0.1, 0.15) is 35.5 Å². The molecule has 5 nitrogen and oxygen atoms in total. The van der Waals surface area contributed by atoms with Crippen molar-refractivity contribution in [3.8, 4) is 0 Å². The Balaban J connectivity index is 2.28. The number of nitro benzene ring substituents is 1. The van der Waals surface area contributed by atoms with E-state index in [9.17, 15) is 10.1 Å². The van der Waals surface area contributed by atoms with Gasteiger partial charge in [0.05, 0.1) is 11.0 Å². The van der Waals surface area contributed by atoms with Gasteiger partial charge in [0.2, 0.25) is 0 Å². The molecule has 0 aliphatic carbocycles. The Labute approximate surface area is 124 Å². The van der Waals surface area contributed by atoms with Crippen molar-refractivity contribution >= 4 is 11.4 Å². The molecular weight excluding hydrogens is 266 g/mol. The fourth-order valence-electron chi connectivity index (χ4n) is 2.72. The Morgan fingerprint density at radius 2 is 1.95 bits per heavy atom. The minimum Gasteiger partial charge on any atom is -0.378 e. The topological polar surface area (TPSA) is 68.1 Å². The average molecular weight is 285 g/mol. The first-order valence-electron chi connectivity index (χ1n) is 6.84. The smallest absolute Gasteiger partial charge is 0.271 e. The SMILES string of the molecule is Cc1cc(C)c(C(C)Nc2cccc([N+](=O)[O-])c2)c(C)n1. The van der Waals surface area contributed by atoms with E-state index in [-0.39, 0.29) is 16.7 Å². The van der Waals surface area contributed by atoms with Gasteiger partial charge in [-0.2, -0.15) is 0 Å². The van der Waals surface area contributed by atoms with Gasteiger partial charge in [0.1, 0.15) is 0 Å². The normalized spacial score (nSPS) is 12.0. The summed E-state index contributed by atoms with van der Waals surface area (Å²) in [5.41, 5.74) is 5.10. The predicted octanol–water partition coefficient (Wildman–Crippen LogP) is 4.09. The summed E-state index contributed by atoms with van der Waals surface area (Å²) < 4.78 is 0. The quantitative estimate of drug-likeness (QED) is 0.678. The van der Waals surface area contributed by atoms with Crippen molar-refractivity contribution in [1.82, 2.24) is 4.98 Å². The lowest BCUT2D eigenvalue weighted by Crippen LogP contribution is -2.11. The largest absolute Gasteiger partial charge is 0.378 e. The Hall–Kier alpha value is -2.43. The van der Waals surface area contributed by atoms with Crippen LogP contribution in [-0.2, 0) is 0 Å². The van der Waals surface area contributed by atoms with Crippen molar-refractivity contribution in [3.05, 3.63) is 63.0 Å². The summed E-state index contributed by atoms with van der Waals surface area (Å²) in [5, 5.41) is 14.1. The number of nitrogens with one attached hydrogen (secondary N) is 1. The number of rotatable bonds is 4. The lowest BCUT2D eigenvalue weighted by molar-refractivity contribution is -0.384. The molecule has 0 radical (unpaired) electrons. The second kappa shape index (κ2) is 5.91. The number of non-ortho nitro benzene ring substituents is 1. The number of nitrogens with zero attached hydrogens (tertiary/aromatic N) is 2. The van der Waals surface area contributed by atoms with Crippen LogP contribution in [0.25, 0.3) is 0 Å². The molecule has 0 fully saturated rings. The molecule has 0 aliphatic heterocycles. The average Bonchev–Trinajstić information content (AvgIpc) is 2.37. The highest BCUT2D eigenvalue weighted by Crippen LogP contribution is 2.26. The standard InChI is InChI=1S/C16H19N3O2/c1-10-8-11(2)17-12(3)16(10)13(4)18-14-6-5-7-15(9-14)19(20)21/h5-9,13,18H,1-4H3. The first kappa shape index (κ1) is 15.0. The van der Waals surface area contributed by atoms with E-state index in [2.05, 4.69) is 17.2 Å². The van der Waals surface area contributed by atoms with Crippen molar-refractivity contribution in [2.75, 3.05) is 5.32 Å².